The first-order valence-electron chi connectivity index (χ1n) is 11.0. The third-order valence-electron chi connectivity index (χ3n) is 6.26. The van der Waals surface area contributed by atoms with E-state index in [9.17, 15) is 0 Å². The first-order chi connectivity index (χ1) is 13.5. The van der Waals surface area contributed by atoms with Crippen LogP contribution in [-0.4, -0.2) is 4.98 Å². The lowest BCUT2D eigenvalue weighted by atomic mass is 9.75. The van der Waals surface area contributed by atoms with Gasteiger partial charge >= 0.3 is 0 Å². The molecule has 1 heteroatoms. The molecule has 1 aromatic heterocycles. The minimum Gasteiger partial charge on any atom is -0.253 e. The lowest BCUT2D eigenvalue weighted by Gasteiger charge is -2.29. The first kappa shape index (κ1) is 21.6. The van der Waals surface area contributed by atoms with E-state index in [1.54, 1.807) is 0 Å². The molecule has 1 heterocycles. The summed E-state index contributed by atoms with van der Waals surface area (Å²) < 4.78 is 0. The third kappa shape index (κ3) is 4.71. The Balaban J connectivity index is 2.07. The maximum Gasteiger partial charge on any atom is 0.0705 e. The van der Waals surface area contributed by atoms with Crippen molar-refractivity contribution < 1.29 is 0 Å². The Hall–Kier alpha value is -2.15. The van der Waals surface area contributed by atoms with E-state index in [4.69, 9.17) is 4.98 Å². The Kier molecular flexibility index (Phi) is 5.90. The second kappa shape index (κ2) is 7.94. The van der Waals surface area contributed by atoms with E-state index in [0.29, 0.717) is 11.8 Å². The van der Waals surface area contributed by atoms with Crippen LogP contribution in [0.3, 0.4) is 0 Å². The standard InChI is InChI=1S/C28H37N/c1-9-24(26-15-14-20-12-10-11-13-25(20)29-26)19(2)21-16-22(27(3,4)5)18-23(17-21)28(6,7)8/h10-19,24H,9H2,1-8H3. The number of hydrogen-bond donors (Lipinski definition) is 0. The van der Waals surface area contributed by atoms with Crippen LogP contribution in [0.4, 0.5) is 0 Å². The van der Waals surface area contributed by atoms with Gasteiger partial charge in [-0.25, -0.2) is 0 Å². The van der Waals surface area contributed by atoms with Crippen LogP contribution >= 0.6 is 0 Å². The van der Waals surface area contributed by atoms with E-state index < -0.39 is 0 Å². The fourth-order valence-electron chi connectivity index (χ4n) is 4.12. The molecule has 3 aromatic rings. The minimum atomic E-state index is 0.138. The second-order valence-corrected chi connectivity index (χ2v) is 10.6. The lowest BCUT2D eigenvalue weighted by molar-refractivity contribution is 0.534. The average Bonchev–Trinajstić information content (AvgIpc) is 2.66. The normalized spacial score (nSPS) is 14.8. The van der Waals surface area contributed by atoms with E-state index in [0.717, 1.165) is 11.9 Å². The average molecular weight is 388 g/mol. The number of fused-ring (bicyclic) bond motifs is 1. The number of hydrogen-bond acceptors (Lipinski definition) is 1. The highest BCUT2D eigenvalue weighted by atomic mass is 14.7. The summed E-state index contributed by atoms with van der Waals surface area (Å²) in [6, 6.07) is 20.1. The Bertz CT molecular complexity index is 953. The summed E-state index contributed by atoms with van der Waals surface area (Å²) in [7, 11) is 0. The van der Waals surface area contributed by atoms with Crippen molar-refractivity contribution >= 4 is 10.9 Å². The number of rotatable bonds is 4. The molecule has 2 atom stereocenters. The van der Waals surface area contributed by atoms with E-state index in [1.807, 2.05) is 0 Å². The predicted molar refractivity (Wildman–Crippen MR) is 127 cm³/mol. The maximum absolute atomic E-state index is 5.04. The van der Waals surface area contributed by atoms with Crippen molar-refractivity contribution in [1.82, 2.24) is 4.98 Å². The Labute approximate surface area is 177 Å². The largest absolute Gasteiger partial charge is 0.253 e. The van der Waals surface area contributed by atoms with Gasteiger partial charge in [-0.05, 0) is 52.0 Å². The van der Waals surface area contributed by atoms with Crippen LogP contribution in [0, 0.1) is 0 Å². The van der Waals surface area contributed by atoms with Gasteiger partial charge in [0.1, 0.15) is 0 Å². The molecule has 29 heavy (non-hydrogen) atoms. The molecule has 0 fully saturated rings. The van der Waals surface area contributed by atoms with Crippen molar-refractivity contribution in [3.05, 3.63) is 77.0 Å². The highest BCUT2D eigenvalue weighted by Gasteiger charge is 2.26. The molecule has 0 radical (unpaired) electrons. The molecule has 0 spiro atoms. The van der Waals surface area contributed by atoms with Gasteiger partial charge in [0, 0.05) is 17.0 Å². The van der Waals surface area contributed by atoms with Gasteiger partial charge < -0.3 is 0 Å². The van der Waals surface area contributed by atoms with Crippen LogP contribution in [0.25, 0.3) is 10.9 Å². The molecule has 0 saturated heterocycles. The SMILES string of the molecule is CCC(c1ccc2ccccc2n1)C(C)c1cc(C(C)(C)C)cc(C(C)(C)C)c1. The molecule has 1 nitrogen and oxygen atoms in total. The van der Waals surface area contributed by atoms with E-state index in [-0.39, 0.29) is 10.8 Å². The number of aromatic nitrogens is 1. The van der Waals surface area contributed by atoms with Crippen molar-refractivity contribution in [2.24, 2.45) is 0 Å². The number of nitrogens with zero attached hydrogens (tertiary/aromatic N) is 1. The van der Waals surface area contributed by atoms with Crippen molar-refractivity contribution in [3.63, 3.8) is 0 Å². The molecular weight excluding hydrogens is 350 g/mol. The zero-order valence-electron chi connectivity index (χ0n) is 19.5. The first-order valence-corrected chi connectivity index (χ1v) is 11.0. The third-order valence-corrected chi connectivity index (χ3v) is 6.26. The van der Waals surface area contributed by atoms with Crippen molar-refractivity contribution in [2.75, 3.05) is 0 Å². The fourth-order valence-corrected chi connectivity index (χ4v) is 4.12. The molecule has 0 saturated carbocycles. The molecule has 0 aliphatic rings. The number of pyridine rings is 1. The minimum absolute atomic E-state index is 0.138. The van der Waals surface area contributed by atoms with Crippen LogP contribution in [0.15, 0.2) is 54.6 Å². The summed E-state index contributed by atoms with van der Waals surface area (Å²) in [5.74, 6) is 0.819. The van der Waals surface area contributed by atoms with Crippen molar-refractivity contribution in [3.8, 4) is 0 Å². The van der Waals surface area contributed by atoms with Crippen LogP contribution in [0.5, 0.6) is 0 Å². The summed E-state index contributed by atoms with van der Waals surface area (Å²) in [5, 5.41) is 1.21. The van der Waals surface area contributed by atoms with Gasteiger partial charge in [-0.2, -0.15) is 0 Å². The maximum atomic E-state index is 5.04. The molecule has 3 rings (SSSR count). The molecule has 0 aliphatic heterocycles. The summed E-state index contributed by atoms with van der Waals surface area (Å²) in [5.41, 5.74) is 6.86. The Morgan fingerprint density at radius 3 is 1.93 bits per heavy atom. The zero-order valence-corrected chi connectivity index (χ0v) is 19.5. The highest BCUT2D eigenvalue weighted by Crippen LogP contribution is 2.39. The summed E-state index contributed by atoms with van der Waals surface area (Å²) in [4.78, 5) is 5.04. The molecule has 2 unspecified atom stereocenters. The molecule has 0 aliphatic carbocycles. The summed E-state index contributed by atoms with van der Waals surface area (Å²) in [6.07, 6.45) is 1.08. The fraction of sp³-hybridized carbons (Fsp3) is 0.464. The topological polar surface area (TPSA) is 12.9 Å². The van der Waals surface area contributed by atoms with Gasteiger partial charge in [-0.3, -0.25) is 4.98 Å². The van der Waals surface area contributed by atoms with Gasteiger partial charge in [0.05, 0.1) is 5.52 Å². The predicted octanol–water partition coefficient (Wildman–Crippen LogP) is 8.13. The van der Waals surface area contributed by atoms with E-state index in [2.05, 4.69) is 110 Å². The summed E-state index contributed by atoms with van der Waals surface area (Å²) in [6.45, 7) is 18.5. The Morgan fingerprint density at radius 2 is 1.38 bits per heavy atom. The van der Waals surface area contributed by atoms with Gasteiger partial charge in [0.25, 0.3) is 0 Å². The van der Waals surface area contributed by atoms with E-state index >= 15 is 0 Å². The monoisotopic (exact) mass is 387 g/mol. The van der Waals surface area contributed by atoms with Crippen LogP contribution < -0.4 is 0 Å². The molecular formula is C28H37N. The van der Waals surface area contributed by atoms with Crippen LogP contribution in [0.1, 0.15) is 96.0 Å². The quantitative estimate of drug-likeness (QED) is 0.440. The molecule has 154 valence electrons. The second-order valence-electron chi connectivity index (χ2n) is 10.6. The molecule has 2 aromatic carbocycles. The van der Waals surface area contributed by atoms with Crippen molar-refractivity contribution in [2.45, 2.75) is 84.5 Å². The lowest BCUT2D eigenvalue weighted by Crippen LogP contribution is -2.18. The zero-order chi connectivity index (χ0) is 21.4. The number of benzene rings is 2. The molecule has 0 N–H and O–H groups in total. The number of para-hydroxylation sites is 1. The van der Waals surface area contributed by atoms with Gasteiger partial charge in [0.2, 0.25) is 0 Å². The van der Waals surface area contributed by atoms with Crippen molar-refractivity contribution in [1.29, 1.82) is 0 Å². The van der Waals surface area contributed by atoms with E-state index in [1.165, 1.54) is 27.8 Å². The Morgan fingerprint density at radius 1 is 0.793 bits per heavy atom. The van der Waals surface area contributed by atoms with Crippen LogP contribution in [-0.2, 0) is 10.8 Å². The van der Waals surface area contributed by atoms with Gasteiger partial charge in [-0.1, -0.05) is 97.9 Å². The van der Waals surface area contributed by atoms with Gasteiger partial charge in [0.15, 0.2) is 0 Å². The molecule has 0 amide bonds. The van der Waals surface area contributed by atoms with Crippen LogP contribution in [0.2, 0.25) is 0 Å². The summed E-state index contributed by atoms with van der Waals surface area (Å²) >= 11 is 0. The highest BCUT2D eigenvalue weighted by molar-refractivity contribution is 5.78. The molecule has 0 bridgehead atoms. The smallest absolute Gasteiger partial charge is 0.0705 e. The van der Waals surface area contributed by atoms with Gasteiger partial charge in [-0.15, -0.1) is 0 Å².